The smallest absolute Gasteiger partial charge is 0.383 e. The first-order valence-corrected chi connectivity index (χ1v) is 17.4. The monoisotopic (exact) mass is 581 g/mol. The predicted molar refractivity (Wildman–Crippen MR) is 148 cm³/mol. The van der Waals surface area contributed by atoms with Gasteiger partial charge in [-0.15, -0.1) is 4.52 Å². The maximum atomic E-state index is 7.52. The molecule has 3 aliphatic heterocycles. The van der Waals surface area contributed by atoms with Gasteiger partial charge in [0.1, 0.15) is 11.5 Å². The summed E-state index contributed by atoms with van der Waals surface area (Å²) in [7, 11) is -6.70. The fourth-order valence-electron chi connectivity index (χ4n) is 4.94. The Hall–Kier alpha value is -3.35. The van der Waals surface area contributed by atoms with Crippen molar-refractivity contribution in [2.24, 2.45) is 13.5 Å². The summed E-state index contributed by atoms with van der Waals surface area (Å²) in [6.07, 6.45) is 3.44. The van der Waals surface area contributed by atoms with E-state index in [9.17, 15) is 0 Å². The first-order valence-electron chi connectivity index (χ1n) is 11.7. The number of fused-ring (bicyclic) bond motifs is 8. The molecule has 2 spiro atoms. The van der Waals surface area contributed by atoms with E-state index in [0.29, 0.717) is 11.5 Å². The summed E-state index contributed by atoms with van der Waals surface area (Å²) in [5.41, 5.74) is 5.10. The molecule has 0 amide bonds. The molecule has 5 aromatic rings. The number of aryl methyl sites for hydroxylation is 2. The van der Waals surface area contributed by atoms with Crippen LogP contribution in [0.4, 0.5) is 0 Å². The number of hydrogen-bond donors (Lipinski definition) is 0. The molecule has 8 rings (SSSR count). The normalized spacial score (nSPS) is 26.1. The highest BCUT2D eigenvalue weighted by Gasteiger charge is 2.49. The van der Waals surface area contributed by atoms with Crippen LogP contribution in [0.15, 0.2) is 92.7 Å². The molecule has 0 bridgehead atoms. The summed E-state index contributed by atoms with van der Waals surface area (Å²) in [4.78, 5) is 0. The lowest BCUT2D eigenvalue weighted by Gasteiger charge is -2.37. The van der Waals surface area contributed by atoms with Gasteiger partial charge in [0, 0.05) is 16.8 Å². The van der Waals surface area contributed by atoms with Gasteiger partial charge in [0.25, 0.3) is 6.71 Å². The van der Waals surface area contributed by atoms with E-state index in [4.69, 9.17) is 38.9 Å². The minimum atomic E-state index is -3.35. The quantitative estimate of drug-likeness (QED) is 0.186. The van der Waals surface area contributed by atoms with E-state index in [1.807, 2.05) is 80.6 Å². The van der Waals surface area contributed by atoms with Crippen LogP contribution in [-0.2, 0) is 0 Å². The van der Waals surface area contributed by atoms with Crippen molar-refractivity contribution in [1.29, 1.82) is 0 Å². The molecule has 15 heteroatoms. The van der Waals surface area contributed by atoms with Gasteiger partial charge >= 0.3 is 15.2 Å². The lowest BCUT2D eigenvalue weighted by atomic mass is 10.1. The SMILES string of the molecule is Cc1cc(C)n([P@@]2(Cl)=N[P@@]3(=N[P@]4(=N2)Oc2ccccc2-c2ccnn24)Oc2ccccc2-c2ccnn23)n1. The molecular formula is C23H19ClN9O2P3. The molecule has 3 aliphatic rings. The molecule has 2 aromatic carbocycles. The molecule has 11 nitrogen and oxygen atoms in total. The van der Waals surface area contributed by atoms with Gasteiger partial charge in [0.05, 0.1) is 29.5 Å². The maximum Gasteiger partial charge on any atom is 0.383 e. The van der Waals surface area contributed by atoms with Crippen molar-refractivity contribution >= 4 is 33.1 Å². The zero-order chi connectivity index (χ0) is 25.7. The molecule has 0 unspecified atom stereocenters. The summed E-state index contributed by atoms with van der Waals surface area (Å²) in [6, 6.07) is 21.4. The van der Waals surface area contributed by atoms with Crippen LogP contribution in [0.25, 0.3) is 22.5 Å². The molecule has 38 heavy (non-hydrogen) atoms. The summed E-state index contributed by atoms with van der Waals surface area (Å²) >= 11 is 7.52. The molecule has 0 radical (unpaired) electrons. The van der Waals surface area contributed by atoms with E-state index >= 15 is 0 Å². The van der Waals surface area contributed by atoms with Crippen LogP contribution >= 0.6 is 33.1 Å². The van der Waals surface area contributed by atoms with Gasteiger partial charge in [-0.05, 0) is 67.6 Å². The molecule has 6 heterocycles. The van der Waals surface area contributed by atoms with Gasteiger partial charge in [-0.1, -0.05) is 24.3 Å². The second kappa shape index (κ2) is 7.61. The van der Waals surface area contributed by atoms with Gasteiger partial charge in [-0.25, -0.2) is 4.45 Å². The zero-order valence-corrected chi connectivity index (χ0v) is 23.5. The predicted octanol–water partition coefficient (Wildman–Crippen LogP) is 8.05. The minimum absolute atomic E-state index is 0.649. The van der Waals surface area contributed by atoms with Crippen molar-refractivity contribution in [3.63, 3.8) is 0 Å². The summed E-state index contributed by atoms with van der Waals surface area (Å²) in [6.45, 7) is 0.520. The lowest BCUT2D eigenvalue weighted by Crippen LogP contribution is -2.17. The second-order valence-electron chi connectivity index (χ2n) is 8.99. The highest BCUT2D eigenvalue weighted by atomic mass is 35.7. The Balaban J connectivity index is 1.52. The standard InChI is InChI=1S/C23H19ClN9O2P3/c1-16-15-17(2)31(27-16)36(24)28-37(32-20(11-13-25-32)18-7-3-5-9-22(18)34-37)30-38(29-36)33-21(12-14-26-33)19-8-4-6-10-23(19)35-38/h3-15H,1-2H3/t37-,38-/m0/s1. The fraction of sp³-hybridized carbons (Fsp3) is 0.0870. The number of halogens is 1. The Labute approximate surface area is 222 Å². The Kier molecular flexibility index (Phi) is 4.53. The minimum Gasteiger partial charge on any atom is -0.425 e. The number of nitrogens with zero attached hydrogens (tertiary/aromatic N) is 9. The first-order chi connectivity index (χ1) is 18.4. The highest BCUT2D eigenvalue weighted by molar-refractivity contribution is 7.96. The number of para-hydroxylation sites is 2. The Morgan fingerprint density at radius 2 is 1.24 bits per heavy atom. The molecule has 3 atom stereocenters. The van der Waals surface area contributed by atoms with Crippen molar-refractivity contribution in [1.82, 2.24) is 28.7 Å². The summed E-state index contributed by atoms with van der Waals surface area (Å²) in [5, 5.41) is 14.0. The number of benzene rings is 2. The molecule has 0 saturated heterocycles. The second-order valence-corrected chi connectivity index (χ2v) is 17.0. The number of hydrogen-bond acceptors (Lipinski definition) is 8. The van der Waals surface area contributed by atoms with Crippen LogP contribution in [-0.4, -0.2) is 28.7 Å². The molecule has 0 N–H and O–H groups in total. The van der Waals surface area contributed by atoms with Crippen LogP contribution in [0.2, 0.25) is 0 Å². The first kappa shape index (κ1) is 22.6. The van der Waals surface area contributed by atoms with E-state index < -0.39 is 21.9 Å². The van der Waals surface area contributed by atoms with E-state index in [-0.39, 0.29) is 0 Å². The van der Waals surface area contributed by atoms with E-state index in [0.717, 1.165) is 33.9 Å². The molecule has 0 aliphatic carbocycles. The molecule has 0 saturated carbocycles. The van der Waals surface area contributed by atoms with Crippen molar-refractivity contribution < 1.29 is 9.05 Å². The van der Waals surface area contributed by atoms with E-state index in [1.54, 1.807) is 25.8 Å². The van der Waals surface area contributed by atoms with Crippen LogP contribution in [0.1, 0.15) is 11.4 Å². The van der Waals surface area contributed by atoms with Crippen molar-refractivity contribution in [2.45, 2.75) is 13.8 Å². The molecule has 190 valence electrons. The Morgan fingerprint density at radius 3 is 1.79 bits per heavy atom. The fourth-order valence-corrected chi connectivity index (χ4v) is 17.4. The van der Waals surface area contributed by atoms with Crippen molar-refractivity contribution in [3.05, 3.63) is 90.5 Å². The molecular weight excluding hydrogens is 563 g/mol. The van der Waals surface area contributed by atoms with Crippen LogP contribution in [0.3, 0.4) is 0 Å². The third-order valence-electron chi connectivity index (χ3n) is 6.43. The van der Waals surface area contributed by atoms with E-state index in [2.05, 4.69) is 10.2 Å². The molecule has 3 aromatic heterocycles. The molecule has 0 fully saturated rings. The topological polar surface area (TPSA) is 109 Å². The summed E-state index contributed by atoms with van der Waals surface area (Å²) in [5.74, 6) is 1.30. The van der Waals surface area contributed by atoms with Crippen LogP contribution in [0.5, 0.6) is 11.5 Å². The largest absolute Gasteiger partial charge is 0.425 e. The Bertz CT molecular complexity index is 1900. The van der Waals surface area contributed by atoms with Crippen LogP contribution in [0, 0.1) is 13.8 Å². The number of rotatable bonds is 1. The van der Waals surface area contributed by atoms with Gasteiger partial charge < -0.3 is 9.05 Å². The van der Waals surface area contributed by atoms with E-state index in [1.165, 1.54) is 0 Å². The average Bonchev–Trinajstić information content (AvgIpc) is 3.65. The van der Waals surface area contributed by atoms with Gasteiger partial charge in [-0.3, -0.25) is 0 Å². The zero-order valence-electron chi connectivity index (χ0n) is 20.1. The Morgan fingerprint density at radius 1 is 0.684 bits per heavy atom. The van der Waals surface area contributed by atoms with Crippen molar-refractivity contribution in [3.8, 4) is 34.0 Å². The van der Waals surface area contributed by atoms with Gasteiger partial charge in [-0.2, -0.15) is 33.2 Å². The average molecular weight is 582 g/mol. The van der Waals surface area contributed by atoms with Gasteiger partial charge in [0.2, 0.25) is 0 Å². The third-order valence-corrected chi connectivity index (χ3v) is 17.0. The van der Waals surface area contributed by atoms with Gasteiger partial charge in [0.15, 0.2) is 0 Å². The maximum absolute atomic E-state index is 7.52. The number of aromatic nitrogens is 6. The highest BCUT2D eigenvalue weighted by Crippen LogP contribution is 2.82. The summed E-state index contributed by atoms with van der Waals surface area (Å²) < 4.78 is 34.3. The van der Waals surface area contributed by atoms with Crippen molar-refractivity contribution in [2.75, 3.05) is 0 Å². The lowest BCUT2D eigenvalue weighted by molar-refractivity contribution is 0.562. The third kappa shape index (κ3) is 2.99. The van der Waals surface area contributed by atoms with Crippen LogP contribution < -0.4 is 9.05 Å².